The number of fused-ring (bicyclic) bond motifs is 1. The second kappa shape index (κ2) is 9.79. The van der Waals surface area contributed by atoms with Gasteiger partial charge < -0.3 is 24.1 Å². The number of rotatable bonds is 5. The van der Waals surface area contributed by atoms with E-state index in [1.165, 1.54) is 0 Å². The molecular formula is C26H24N2O5. The van der Waals surface area contributed by atoms with Crippen molar-refractivity contribution in [2.45, 2.75) is 43.4 Å². The molecule has 5 rings (SSSR count). The van der Waals surface area contributed by atoms with Crippen molar-refractivity contribution in [1.82, 2.24) is 4.98 Å². The van der Waals surface area contributed by atoms with E-state index in [1.807, 2.05) is 60.7 Å². The van der Waals surface area contributed by atoms with Crippen LogP contribution in [0.3, 0.4) is 0 Å². The van der Waals surface area contributed by atoms with Crippen LogP contribution in [0.1, 0.15) is 35.0 Å². The maximum atomic E-state index is 10.2. The molecule has 0 bridgehead atoms. The first-order valence-corrected chi connectivity index (χ1v) is 10.9. The third-order valence-electron chi connectivity index (χ3n) is 5.94. The Bertz CT molecular complexity index is 1100. The SMILES string of the molecule is N#Cc1cccnc1C[C@H]1OC(c2ccccc2)O[C@H]2[C@H]1OC(c1ccccc1)O[C@@H]2CO. The molecule has 2 aliphatic rings. The van der Waals surface area contributed by atoms with Crippen molar-refractivity contribution < 1.29 is 24.1 Å². The summed E-state index contributed by atoms with van der Waals surface area (Å²) in [5, 5.41) is 19.7. The largest absolute Gasteiger partial charge is 0.394 e. The van der Waals surface area contributed by atoms with Gasteiger partial charge >= 0.3 is 0 Å². The molecule has 168 valence electrons. The molecule has 2 aromatic carbocycles. The molecular weight excluding hydrogens is 420 g/mol. The van der Waals surface area contributed by atoms with Crippen LogP contribution in [0.4, 0.5) is 0 Å². The van der Waals surface area contributed by atoms with Crippen molar-refractivity contribution >= 4 is 0 Å². The molecule has 2 saturated heterocycles. The van der Waals surface area contributed by atoms with E-state index in [9.17, 15) is 10.4 Å². The third kappa shape index (κ3) is 4.53. The molecule has 1 N–H and O–H groups in total. The third-order valence-corrected chi connectivity index (χ3v) is 5.94. The Balaban J connectivity index is 1.49. The van der Waals surface area contributed by atoms with Crippen molar-refractivity contribution in [3.05, 3.63) is 101 Å². The number of aliphatic hydroxyl groups excluding tert-OH is 1. The van der Waals surface area contributed by atoms with Crippen LogP contribution in [-0.2, 0) is 25.4 Å². The average molecular weight is 444 g/mol. The highest BCUT2D eigenvalue weighted by Crippen LogP contribution is 2.41. The van der Waals surface area contributed by atoms with Crippen molar-refractivity contribution in [2.24, 2.45) is 0 Å². The van der Waals surface area contributed by atoms with E-state index in [-0.39, 0.29) is 6.61 Å². The smallest absolute Gasteiger partial charge is 0.184 e. The van der Waals surface area contributed by atoms with E-state index < -0.39 is 37.0 Å². The lowest BCUT2D eigenvalue weighted by molar-refractivity contribution is -0.384. The van der Waals surface area contributed by atoms with Crippen LogP contribution < -0.4 is 0 Å². The Labute approximate surface area is 192 Å². The molecule has 0 aliphatic carbocycles. The van der Waals surface area contributed by atoms with E-state index in [0.29, 0.717) is 17.7 Å². The molecule has 0 radical (unpaired) electrons. The number of aromatic nitrogens is 1. The van der Waals surface area contributed by atoms with Crippen LogP contribution in [0.2, 0.25) is 0 Å². The van der Waals surface area contributed by atoms with Gasteiger partial charge in [0.2, 0.25) is 0 Å². The summed E-state index contributed by atoms with van der Waals surface area (Å²) < 4.78 is 25.1. The van der Waals surface area contributed by atoms with Crippen molar-refractivity contribution in [1.29, 1.82) is 5.26 Å². The maximum Gasteiger partial charge on any atom is 0.184 e. The summed E-state index contributed by atoms with van der Waals surface area (Å²) in [7, 11) is 0. The van der Waals surface area contributed by atoms with E-state index >= 15 is 0 Å². The first-order chi connectivity index (χ1) is 16.3. The molecule has 7 heteroatoms. The Morgan fingerprint density at radius 1 is 0.758 bits per heavy atom. The number of aliphatic hydroxyl groups is 1. The van der Waals surface area contributed by atoms with Gasteiger partial charge in [-0.25, -0.2) is 0 Å². The predicted molar refractivity (Wildman–Crippen MR) is 118 cm³/mol. The summed E-state index contributed by atoms with van der Waals surface area (Å²) >= 11 is 0. The minimum absolute atomic E-state index is 0.227. The quantitative estimate of drug-likeness (QED) is 0.644. The summed E-state index contributed by atoms with van der Waals surface area (Å²) in [6, 6.07) is 24.8. The predicted octanol–water partition coefficient (Wildman–Crippen LogP) is 3.45. The zero-order valence-electron chi connectivity index (χ0n) is 17.9. The lowest BCUT2D eigenvalue weighted by atomic mass is 9.94. The highest BCUT2D eigenvalue weighted by Gasteiger charge is 2.50. The molecule has 7 nitrogen and oxygen atoms in total. The molecule has 1 aromatic heterocycles. The fourth-order valence-corrected chi connectivity index (χ4v) is 4.31. The minimum Gasteiger partial charge on any atom is -0.394 e. The molecule has 0 saturated carbocycles. The van der Waals surface area contributed by atoms with Gasteiger partial charge in [0.25, 0.3) is 0 Å². The number of hydrogen-bond acceptors (Lipinski definition) is 7. The maximum absolute atomic E-state index is 10.2. The zero-order valence-corrected chi connectivity index (χ0v) is 17.9. The number of nitriles is 1. The van der Waals surface area contributed by atoms with Gasteiger partial charge in [0.1, 0.15) is 24.4 Å². The second-order valence-corrected chi connectivity index (χ2v) is 8.03. The van der Waals surface area contributed by atoms with Gasteiger partial charge in [0.05, 0.1) is 24.0 Å². The highest BCUT2D eigenvalue weighted by atomic mass is 16.8. The summed E-state index contributed by atoms with van der Waals surface area (Å²) in [5.74, 6) is 0. The Morgan fingerprint density at radius 3 is 1.91 bits per heavy atom. The number of hydrogen-bond donors (Lipinski definition) is 1. The second-order valence-electron chi connectivity index (χ2n) is 8.03. The van der Waals surface area contributed by atoms with Gasteiger partial charge in [0.15, 0.2) is 12.6 Å². The van der Waals surface area contributed by atoms with Gasteiger partial charge in [-0.15, -0.1) is 0 Å². The van der Waals surface area contributed by atoms with Crippen molar-refractivity contribution in [3.63, 3.8) is 0 Å². The van der Waals surface area contributed by atoms with E-state index in [0.717, 1.165) is 11.1 Å². The monoisotopic (exact) mass is 444 g/mol. The molecule has 3 aromatic rings. The van der Waals surface area contributed by atoms with E-state index in [4.69, 9.17) is 18.9 Å². The summed E-state index contributed by atoms with van der Waals surface area (Å²) in [6.07, 6.45) is -1.49. The van der Waals surface area contributed by atoms with Crippen LogP contribution in [0.25, 0.3) is 0 Å². The fourth-order valence-electron chi connectivity index (χ4n) is 4.31. The molecule has 3 heterocycles. The lowest BCUT2D eigenvalue weighted by Crippen LogP contribution is -2.59. The van der Waals surface area contributed by atoms with Gasteiger partial charge in [-0.2, -0.15) is 5.26 Å². The molecule has 6 atom stereocenters. The molecule has 2 aliphatic heterocycles. The lowest BCUT2D eigenvalue weighted by Gasteiger charge is -2.49. The number of nitrogens with zero attached hydrogens (tertiary/aromatic N) is 2. The van der Waals surface area contributed by atoms with E-state index in [1.54, 1.807) is 18.3 Å². The van der Waals surface area contributed by atoms with Crippen LogP contribution in [-0.4, -0.2) is 41.1 Å². The first kappa shape index (κ1) is 21.7. The molecule has 0 spiro atoms. The van der Waals surface area contributed by atoms with Crippen LogP contribution in [0, 0.1) is 11.3 Å². The molecule has 2 unspecified atom stereocenters. The number of pyridine rings is 1. The van der Waals surface area contributed by atoms with E-state index in [2.05, 4.69) is 11.1 Å². The Kier molecular flexibility index (Phi) is 6.44. The summed E-state index contributed by atoms with van der Waals surface area (Å²) in [5.41, 5.74) is 2.81. The van der Waals surface area contributed by atoms with Gasteiger partial charge in [-0.3, -0.25) is 4.98 Å². The average Bonchev–Trinajstić information content (AvgIpc) is 2.89. The van der Waals surface area contributed by atoms with Crippen molar-refractivity contribution in [2.75, 3.05) is 6.61 Å². The first-order valence-electron chi connectivity index (χ1n) is 10.9. The fraction of sp³-hybridized carbons (Fsp3) is 0.308. The topological polar surface area (TPSA) is 93.8 Å². The van der Waals surface area contributed by atoms with Gasteiger partial charge in [-0.05, 0) is 12.1 Å². The number of benzene rings is 2. The molecule has 33 heavy (non-hydrogen) atoms. The standard InChI is InChI=1S/C26H24N2O5/c27-15-19-12-7-13-28-20(19)14-21-23-24(33-25(30-21)17-8-3-1-4-9-17)22(16-29)31-26(32-23)18-10-5-2-6-11-18/h1-13,21-26,29H,14,16H2/t21-,22-,23+,24-,25?,26?/m1/s1. The Morgan fingerprint density at radius 2 is 1.33 bits per heavy atom. The van der Waals surface area contributed by atoms with Crippen molar-refractivity contribution in [3.8, 4) is 6.07 Å². The summed E-state index contributed by atoms with van der Waals surface area (Å²) in [4.78, 5) is 4.42. The molecule has 0 amide bonds. The van der Waals surface area contributed by atoms with Crippen LogP contribution in [0.15, 0.2) is 79.0 Å². The molecule has 2 fully saturated rings. The van der Waals surface area contributed by atoms with Crippen LogP contribution in [0.5, 0.6) is 0 Å². The van der Waals surface area contributed by atoms with Gasteiger partial charge in [0, 0.05) is 23.7 Å². The zero-order chi connectivity index (χ0) is 22.6. The minimum atomic E-state index is -0.674. The highest BCUT2D eigenvalue weighted by molar-refractivity contribution is 5.33. The van der Waals surface area contributed by atoms with Gasteiger partial charge in [-0.1, -0.05) is 60.7 Å². The summed E-state index contributed by atoms with van der Waals surface area (Å²) in [6.45, 7) is -0.227. The normalized spacial score (nSPS) is 29.1. The Hall–Kier alpha value is -3.12. The van der Waals surface area contributed by atoms with Crippen LogP contribution >= 0.6 is 0 Å². The number of ether oxygens (including phenoxy) is 4.